The van der Waals surface area contributed by atoms with Crippen LogP contribution in [0.5, 0.6) is 5.75 Å². The van der Waals surface area contributed by atoms with E-state index in [1.54, 1.807) is 0 Å². The summed E-state index contributed by atoms with van der Waals surface area (Å²) >= 11 is 0. The third-order valence-electron chi connectivity index (χ3n) is 3.80. The van der Waals surface area contributed by atoms with Crippen LogP contribution in [0.1, 0.15) is 23.8 Å². The number of halogens is 1. The van der Waals surface area contributed by atoms with Crippen molar-refractivity contribution in [1.29, 1.82) is 0 Å². The van der Waals surface area contributed by atoms with Crippen molar-refractivity contribution >= 4 is 12.4 Å². The van der Waals surface area contributed by atoms with Gasteiger partial charge in [-0.05, 0) is 36.7 Å². The van der Waals surface area contributed by atoms with Crippen LogP contribution in [0.25, 0.3) is 11.4 Å². The molecule has 0 bridgehead atoms. The van der Waals surface area contributed by atoms with E-state index in [2.05, 4.69) is 21.5 Å². The lowest BCUT2D eigenvalue weighted by Gasteiger charge is -2.00. The van der Waals surface area contributed by atoms with Gasteiger partial charge in [0, 0.05) is 18.5 Å². The Kier molecular flexibility index (Phi) is 3.63. The Bertz CT molecular complexity index is 608. The lowest BCUT2D eigenvalue weighted by molar-refractivity contribution is 0.356. The van der Waals surface area contributed by atoms with Gasteiger partial charge in [-0.25, -0.2) is 0 Å². The van der Waals surface area contributed by atoms with Crippen molar-refractivity contribution in [3.8, 4) is 17.1 Å². The van der Waals surface area contributed by atoms with E-state index in [1.807, 2.05) is 12.1 Å². The summed E-state index contributed by atoms with van der Waals surface area (Å²) in [4.78, 5) is 4.53. The van der Waals surface area contributed by atoms with Gasteiger partial charge in [0.25, 0.3) is 0 Å². The Balaban J connectivity index is 0.00000121. The van der Waals surface area contributed by atoms with Gasteiger partial charge in [0.15, 0.2) is 0 Å². The number of hydrogen-bond acceptors (Lipinski definition) is 5. The normalized spacial score (nSPS) is 20.3. The predicted molar refractivity (Wildman–Crippen MR) is 76.4 cm³/mol. The summed E-state index contributed by atoms with van der Waals surface area (Å²) in [5.74, 6) is 2.76. The summed E-state index contributed by atoms with van der Waals surface area (Å²) < 4.78 is 10.9. The molecule has 2 aliphatic rings. The van der Waals surface area contributed by atoms with Gasteiger partial charge in [-0.3, -0.25) is 0 Å². The number of hydrogen-bond donors (Lipinski definition) is 1. The molecule has 1 saturated heterocycles. The highest BCUT2D eigenvalue weighted by atomic mass is 35.5. The van der Waals surface area contributed by atoms with Crippen LogP contribution in [-0.4, -0.2) is 29.8 Å². The van der Waals surface area contributed by atoms with Crippen molar-refractivity contribution in [2.75, 3.05) is 19.7 Å². The van der Waals surface area contributed by atoms with Crippen LogP contribution in [0.2, 0.25) is 0 Å². The Morgan fingerprint density at radius 2 is 2.25 bits per heavy atom. The van der Waals surface area contributed by atoms with Gasteiger partial charge in [0.1, 0.15) is 5.75 Å². The Morgan fingerprint density at radius 3 is 3.10 bits per heavy atom. The summed E-state index contributed by atoms with van der Waals surface area (Å²) in [5.41, 5.74) is 2.23. The molecule has 1 fully saturated rings. The number of fused-ring (bicyclic) bond motifs is 1. The molecular formula is C14H16ClN3O2. The third kappa shape index (κ3) is 2.27. The lowest BCUT2D eigenvalue weighted by atomic mass is 10.1. The smallest absolute Gasteiger partial charge is 0.231 e. The van der Waals surface area contributed by atoms with Gasteiger partial charge in [-0.2, -0.15) is 4.98 Å². The predicted octanol–water partition coefficient (Wildman–Crippen LogP) is 2.17. The van der Waals surface area contributed by atoms with Crippen LogP contribution in [0, 0.1) is 0 Å². The minimum absolute atomic E-state index is 0. The molecule has 0 saturated carbocycles. The molecular weight excluding hydrogens is 278 g/mol. The first-order valence-electron chi connectivity index (χ1n) is 6.70. The zero-order valence-electron chi connectivity index (χ0n) is 11.0. The highest BCUT2D eigenvalue weighted by molar-refractivity contribution is 5.85. The van der Waals surface area contributed by atoms with E-state index < -0.39 is 0 Å². The van der Waals surface area contributed by atoms with E-state index >= 15 is 0 Å². The lowest BCUT2D eigenvalue weighted by Crippen LogP contribution is -2.08. The van der Waals surface area contributed by atoms with Crippen molar-refractivity contribution in [2.24, 2.45) is 0 Å². The van der Waals surface area contributed by atoms with Crippen LogP contribution in [0.3, 0.4) is 0 Å². The SMILES string of the molecule is Cl.c1cc2c(cc1-c1noc([C@@H]3CCNC3)n1)CCO2. The molecule has 2 aromatic rings. The molecule has 20 heavy (non-hydrogen) atoms. The summed E-state index contributed by atoms with van der Waals surface area (Å²) in [7, 11) is 0. The van der Waals surface area contributed by atoms with Gasteiger partial charge in [-0.1, -0.05) is 5.16 Å². The van der Waals surface area contributed by atoms with E-state index in [4.69, 9.17) is 9.26 Å². The monoisotopic (exact) mass is 293 g/mol. The largest absolute Gasteiger partial charge is 0.493 e. The fourth-order valence-electron chi connectivity index (χ4n) is 2.71. The first kappa shape index (κ1) is 13.4. The first-order chi connectivity index (χ1) is 9.40. The number of aromatic nitrogens is 2. The Labute approximate surface area is 123 Å². The summed E-state index contributed by atoms with van der Waals surface area (Å²) in [6.45, 7) is 2.72. The minimum Gasteiger partial charge on any atom is -0.493 e. The maximum Gasteiger partial charge on any atom is 0.231 e. The van der Waals surface area contributed by atoms with E-state index in [1.165, 1.54) is 5.56 Å². The first-order valence-corrected chi connectivity index (χ1v) is 6.70. The molecule has 0 spiro atoms. The maximum atomic E-state index is 5.50. The molecule has 0 aliphatic carbocycles. The van der Waals surface area contributed by atoms with Crippen LogP contribution < -0.4 is 10.1 Å². The second kappa shape index (κ2) is 5.42. The summed E-state index contributed by atoms with van der Waals surface area (Å²) in [6, 6.07) is 6.08. The fourth-order valence-corrected chi connectivity index (χ4v) is 2.71. The minimum atomic E-state index is 0. The molecule has 3 heterocycles. The summed E-state index contributed by atoms with van der Waals surface area (Å²) in [5, 5.41) is 7.41. The average molecular weight is 294 g/mol. The van der Waals surface area contributed by atoms with Crippen molar-refractivity contribution in [2.45, 2.75) is 18.8 Å². The molecule has 1 aromatic carbocycles. The molecule has 5 nitrogen and oxygen atoms in total. The van der Waals surface area contributed by atoms with Gasteiger partial charge in [0.2, 0.25) is 11.7 Å². The Morgan fingerprint density at radius 1 is 1.30 bits per heavy atom. The van der Waals surface area contributed by atoms with Crippen LogP contribution in [-0.2, 0) is 6.42 Å². The number of ether oxygens (including phenoxy) is 1. The van der Waals surface area contributed by atoms with Crippen molar-refractivity contribution < 1.29 is 9.26 Å². The van der Waals surface area contributed by atoms with E-state index in [-0.39, 0.29) is 12.4 Å². The van der Waals surface area contributed by atoms with Gasteiger partial charge >= 0.3 is 0 Å². The second-order valence-corrected chi connectivity index (χ2v) is 5.07. The van der Waals surface area contributed by atoms with E-state index in [0.717, 1.165) is 49.7 Å². The fraction of sp³-hybridized carbons (Fsp3) is 0.429. The van der Waals surface area contributed by atoms with Gasteiger partial charge in [-0.15, -0.1) is 12.4 Å². The molecule has 4 rings (SSSR count). The maximum absolute atomic E-state index is 5.50. The van der Waals surface area contributed by atoms with Crippen molar-refractivity contribution in [3.63, 3.8) is 0 Å². The summed E-state index contributed by atoms with van der Waals surface area (Å²) in [6.07, 6.45) is 2.03. The van der Waals surface area contributed by atoms with Crippen LogP contribution >= 0.6 is 12.4 Å². The molecule has 1 atom stereocenters. The highest BCUT2D eigenvalue weighted by Gasteiger charge is 2.23. The zero-order chi connectivity index (χ0) is 12.7. The van der Waals surface area contributed by atoms with E-state index in [0.29, 0.717) is 11.7 Å². The molecule has 0 unspecified atom stereocenters. The number of nitrogens with zero attached hydrogens (tertiary/aromatic N) is 2. The second-order valence-electron chi connectivity index (χ2n) is 5.07. The average Bonchev–Trinajstić information content (AvgIpc) is 3.18. The zero-order valence-corrected chi connectivity index (χ0v) is 11.8. The third-order valence-corrected chi connectivity index (χ3v) is 3.80. The van der Waals surface area contributed by atoms with E-state index in [9.17, 15) is 0 Å². The number of nitrogens with one attached hydrogen (secondary N) is 1. The van der Waals surface area contributed by atoms with Crippen molar-refractivity contribution in [3.05, 3.63) is 29.7 Å². The number of benzene rings is 1. The van der Waals surface area contributed by atoms with Gasteiger partial charge < -0.3 is 14.6 Å². The standard InChI is InChI=1S/C14H15N3O2.ClH/c1-2-12-9(4-6-18-12)7-10(1)13-16-14(19-17-13)11-3-5-15-8-11;/h1-2,7,11,15H,3-6,8H2;1H/t11-;/m1./s1. The topological polar surface area (TPSA) is 60.2 Å². The van der Waals surface area contributed by atoms with Crippen LogP contribution in [0.15, 0.2) is 22.7 Å². The number of rotatable bonds is 2. The quantitative estimate of drug-likeness (QED) is 0.919. The highest BCUT2D eigenvalue weighted by Crippen LogP contribution is 2.30. The molecule has 0 radical (unpaired) electrons. The molecule has 6 heteroatoms. The Hall–Kier alpha value is -1.59. The molecule has 0 amide bonds. The molecule has 1 N–H and O–H groups in total. The molecule has 106 valence electrons. The van der Waals surface area contributed by atoms with Gasteiger partial charge in [0.05, 0.1) is 12.5 Å². The molecule has 2 aliphatic heterocycles. The van der Waals surface area contributed by atoms with Crippen LogP contribution in [0.4, 0.5) is 0 Å². The van der Waals surface area contributed by atoms with Crippen molar-refractivity contribution in [1.82, 2.24) is 15.5 Å². The molecule has 1 aromatic heterocycles.